The highest BCUT2D eigenvalue weighted by molar-refractivity contribution is 6.01. The van der Waals surface area contributed by atoms with Crippen molar-refractivity contribution in [1.82, 2.24) is 9.88 Å². The van der Waals surface area contributed by atoms with E-state index in [1.165, 1.54) is 24.3 Å². The summed E-state index contributed by atoms with van der Waals surface area (Å²) in [5.74, 6) is -1.45. The quantitative estimate of drug-likeness (QED) is 0.0908. The van der Waals surface area contributed by atoms with Gasteiger partial charge in [-0.2, -0.15) is 0 Å². The average molecular weight is 825 g/mol. The summed E-state index contributed by atoms with van der Waals surface area (Å²) in [6, 6.07) is 20.1. The Balaban J connectivity index is 0.837. The van der Waals surface area contributed by atoms with E-state index in [0.29, 0.717) is 24.9 Å². The second-order valence-electron chi connectivity index (χ2n) is 17.9. The van der Waals surface area contributed by atoms with Gasteiger partial charge in [-0.1, -0.05) is 55.8 Å². The van der Waals surface area contributed by atoms with Gasteiger partial charge in [0, 0.05) is 40.2 Å². The monoisotopic (exact) mass is 824 g/mol. The number of rotatable bonds is 11. The molecule has 316 valence electrons. The molecule has 3 aromatic carbocycles. The third-order valence-electron chi connectivity index (χ3n) is 14.2. The van der Waals surface area contributed by atoms with Gasteiger partial charge in [0.2, 0.25) is 5.91 Å². The fourth-order valence-electron chi connectivity index (χ4n) is 11.0. The molecule has 1 amide bonds. The maximum atomic E-state index is 13.4. The van der Waals surface area contributed by atoms with Crippen molar-refractivity contribution in [1.29, 1.82) is 5.41 Å². The molecule has 0 aliphatic heterocycles. The molecule has 1 unspecified atom stereocenters. The Kier molecular flexibility index (Phi) is 11.1. The number of fused-ring (bicyclic) bond motifs is 6. The second kappa shape index (κ2) is 16.2. The highest BCUT2D eigenvalue weighted by atomic mass is 16.5. The molecule has 0 radical (unpaired) electrons. The Bertz CT molecular complexity index is 2460. The number of anilines is 1. The van der Waals surface area contributed by atoms with Gasteiger partial charge in [-0.3, -0.25) is 19.5 Å². The van der Waals surface area contributed by atoms with Crippen LogP contribution in [0, 0.1) is 34.0 Å². The first-order chi connectivity index (χ1) is 29.1. The largest absolute Gasteiger partial charge is 0.457 e. The number of allylic oxidation sites excluding steroid dienone is 4. The molecule has 0 bridgehead atoms. The van der Waals surface area contributed by atoms with Crippen molar-refractivity contribution in [2.45, 2.75) is 70.3 Å². The third kappa shape index (κ3) is 7.62. The average Bonchev–Trinajstić information content (AvgIpc) is 3.52. The maximum Gasteiger partial charge on any atom is 0.338 e. The summed E-state index contributed by atoms with van der Waals surface area (Å²) in [7, 11) is 3.66. The van der Waals surface area contributed by atoms with E-state index in [1.807, 2.05) is 80.5 Å². The Morgan fingerprint density at radius 3 is 2.36 bits per heavy atom. The highest BCUT2D eigenvalue weighted by Crippen LogP contribution is 2.67. The van der Waals surface area contributed by atoms with E-state index >= 15 is 0 Å². The number of ketones is 1. The molecule has 8 rings (SSSR count). The summed E-state index contributed by atoms with van der Waals surface area (Å²) in [5, 5.41) is 37.8. The number of hydrogen-bond donors (Lipinski definition) is 4. The fraction of sp³-hybridized carbons (Fsp3) is 0.388. The number of carbonyl (C=O) groups excluding carboxylic acids is 4. The van der Waals surface area contributed by atoms with Gasteiger partial charge >= 0.3 is 11.9 Å². The molecule has 3 saturated carbocycles. The first-order valence-electron chi connectivity index (χ1n) is 20.9. The predicted molar refractivity (Wildman–Crippen MR) is 230 cm³/mol. The van der Waals surface area contributed by atoms with Gasteiger partial charge in [0.25, 0.3) is 0 Å². The lowest BCUT2D eigenvalue weighted by atomic mass is 9.46. The molecule has 1 heterocycles. The van der Waals surface area contributed by atoms with E-state index in [0.717, 1.165) is 40.3 Å². The van der Waals surface area contributed by atoms with Crippen LogP contribution in [0.1, 0.15) is 83.8 Å². The molecule has 4 N–H and O–H groups in total. The van der Waals surface area contributed by atoms with Gasteiger partial charge in [-0.15, -0.1) is 0 Å². The number of hydrogen-bond acceptors (Lipinski definition) is 11. The van der Waals surface area contributed by atoms with Gasteiger partial charge in [0.1, 0.15) is 24.9 Å². The topological polar surface area (TPSA) is 179 Å². The van der Waals surface area contributed by atoms with Crippen LogP contribution in [-0.4, -0.2) is 81.8 Å². The summed E-state index contributed by atoms with van der Waals surface area (Å²) >= 11 is 0. The van der Waals surface area contributed by atoms with Gasteiger partial charge in [-0.25, -0.2) is 9.59 Å². The predicted octanol–water partition coefficient (Wildman–Crippen LogP) is 7.02. The lowest BCUT2D eigenvalue weighted by Gasteiger charge is -2.59. The van der Waals surface area contributed by atoms with Crippen molar-refractivity contribution in [2.24, 2.45) is 28.6 Å². The van der Waals surface area contributed by atoms with E-state index in [4.69, 9.17) is 14.9 Å². The minimum Gasteiger partial charge on any atom is -0.457 e. The minimum atomic E-state index is -1.56. The molecular formula is C49H52N4O8. The summed E-state index contributed by atoms with van der Waals surface area (Å²) in [5.41, 5.74) is 0.746. The zero-order valence-electron chi connectivity index (χ0n) is 34.9. The van der Waals surface area contributed by atoms with Crippen LogP contribution in [0.3, 0.4) is 0 Å². The number of esters is 2. The van der Waals surface area contributed by atoms with Crippen LogP contribution in [0.15, 0.2) is 109 Å². The van der Waals surface area contributed by atoms with Crippen molar-refractivity contribution < 1.29 is 38.9 Å². The zero-order chi connectivity index (χ0) is 43.3. The molecule has 0 saturated heterocycles. The first-order valence-corrected chi connectivity index (χ1v) is 20.9. The number of likely N-dealkylation sites (N-methyl/N-ethyl adjacent to an activating group) is 1. The number of carbonyl (C=O) groups is 4. The lowest BCUT2D eigenvalue weighted by molar-refractivity contribution is -0.144. The van der Waals surface area contributed by atoms with Crippen molar-refractivity contribution >= 4 is 45.8 Å². The van der Waals surface area contributed by atoms with Crippen LogP contribution in [-0.2, 0) is 25.7 Å². The van der Waals surface area contributed by atoms with E-state index in [1.54, 1.807) is 24.5 Å². The van der Waals surface area contributed by atoms with E-state index < -0.39 is 47.1 Å². The molecule has 1 aromatic heterocycles. The van der Waals surface area contributed by atoms with Crippen LogP contribution < -0.4 is 5.32 Å². The van der Waals surface area contributed by atoms with Crippen molar-refractivity contribution in [3.05, 3.63) is 131 Å². The zero-order valence-corrected chi connectivity index (χ0v) is 34.9. The highest BCUT2D eigenvalue weighted by Gasteiger charge is 2.67. The molecule has 4 aliphatic rings. The number of ether oxygens (including phenoxy) is 2. The standard InChI is InChI=1S/C49H52N4O8/c1-47-20-17-37(54)24-35(47)14-16-38-39-18-21-49(59,48(39,2)25-40(55)42(38)47)41(50)28-61-46(58)32-11-9-31(10-12-32)45(57)60-27-29-5-7-30(8-6-29)43(53(3)4)44(56)52-36-15-13-34-26-51-22-19-33(34)23-36/h5-13,15,17,19-20,22-24,26,38-40,42-43,50,55,59H,14,16,18,21,25,27-28H2,1-4H3,(H,52,56)/t38-,39-,40-,42+,43?,47-,48-,49-/m0/s1. The van der Waals surface area contributed by atoms with Crippen LogP contribution in [0.4, 0.5) is 5.69 Å². The number of nitrogens with one attached hydrogen (secondary N) is 2. The maximum absolute atomic E-state index is 13.4. The molecule has 12 nitrogen and oxygen atoms in total. The fourth-order valence-corrected chi connectivity index (χ4v) is 11.0. The summed E-state index contributed by atoms with van der Waals surface area (Å²) < 4.78 is 11.1. The smallest absolute Gasteiger partial charge is 0.338 e. The van der Waals surface area contributed by atoms with Crippen molar-refractivity contribution in [3.63, 3.8) is 0 Å². The molecule has 61 heavy (non-hydrogen) atoms. The van der Waals surface area contributed by atoms with Gasteiger partial charge in [0.05, 0.1) is 22.9 Å². The Labute approximate surface area is 355 Å². The summed E-state index contributed by atoms with van der Waals surface area (Å²) in [6.45, 7) is 3.63. The summed E-state index contributed by atoms with van der Waals surface area (Å²) in [4.78, 5) is 57.6. The lowest BCUT2D eigenvalue weighted by Crippen LogP contribution is -2.61. The Morgan fingerprint density at radius 1 is 0.951 bits per heavy atom. The normalized spacial score (nSPS) is 28.2. The molecule has 8 atom stereocenters. The number of aromatic nitrogens is 1. The Morgan fingerprint density at radius 2 is 1.66 bits per heavy atom. The number of amides is 1. The number of nitrogens with zero attached hydrogens (tertiary/aromatic N) is 2. The van der Waals surface area contributed by atoms with Crippen molar-refractivity contribution in [3.8, 4) is 0 Å². The van der Waals surface area contributed by atoms with Gasteiger partial charge in [0.15, 0.2) is 5.78 Å². The Hall–Kier alpha value is -5.82. The van der Waals surface area contributed by atoms with E-state index in [9.17, 15) is 29.4 Å². The molecule has 0 spiro atoms. The first kappa shape index (κ1) is 41.9. The van der Waals surface area contributed by atoms with Gasteiger partial charge < -0.3 is 30.4 Å². The van der Waals surface area contributed by atoms with Gasteiger partial charge in [-0.05, 0) is 129 Å². The SMILES string of the molecule is CN(C)C(C(=O)Nc1ccc2cnccc2c1)c1ccc(COC(=O)c2ccc(C(=O)OCC(=N)[C@@]3(O)CC[C@H]4[C@@H]5CCC6=CC(=O)C=C[C@]6(C)[C@H]5[C@@H](O)C[C@@]43C)cc2)cc1. The molecule has 4 aromatic rings. The van der Waals surface area contributed by atoms with Crippen LogP contribution >= 0.6 is 0 Å². The third-order valence-corrected chi connectivity index (χ3v) is 14.2. The number of pyridine rings is 1. The van der Waals surface area contributed by atoms with Crippen LogP contribution in [0.5, 0.6) is 0 Å². The van der Waals surface area contributed by atoms with E-state index in [-0.39, 0.29) is 52.9 Å². The summed E-state index contributed by atoms with van der Waals surface area (Å²) in [6.07, 6.45) is 10.8. The van der Waals surface area contributed by atoms with Crippen LogP contribution in [0.25, 0.3) is 10.8 Å². The number of aliphatic hydroxyl groups is 2. The van der Waals surface area contributed by atoms with E-state index in [2.05, 4.69) is 17.2 Å². The van der Waals surface area contributed by atoms with Crippen LogP contribution in [0.2, 0.25) is 0 Å². The molecule has 12 heteroatoms. The minimum absolute atomic E-state index is 0.00757. The second-order valence-corrected chi connectivity index (χ2v) is 17.9. The molecular weight excluding hydrogens is 773 g/mol. The number of benzene rings is 3. The molecule has 3 fully saturated rings. The van der Waals surface area contributed by atoms with Crippen molar-refractivity contribution in [2.75, 3.05) is 26.0 Å². The molecule has 4 aliphatic carbocycles. The number of aliphatic hydroxyl groups excluding tert-OH is 1.